The zero-order valence-corrected chi connectivity index (χ0v) is 13.9. The fraction of sp³-hybridized carbons (Fsp3) is 0. The molecule has 0 aliphatic rings. The van der Waals surface area contributed by atoms with Gasteiger partial charge < -0.3 is 5.32 Å². The van der Waals surface area contributed by atoms with Crippen molar-refractivity contribution >= 4 is 45.4 Å². The second kappa shape index (κ2) is 6.07. The highest BCUT2D eigenvalue weighted by atomic mass is 35.5. The van der Waals surface area contributed by atoms with Crippen LogP contribution in [0.4, 0.5) is 17.5 Å². The lowest BCUT2D eigenvalue weighted by Gasteiger charge is -2.02. The first-order valence-electron chi connectivity index (χ1n) is 6.95. The van der Waals surface area contributed by atoms with Crippen LogP contribution in [0.5, 0.6) is 0 Å². The van der Waals surface area contributed by atoms with Crippen LogP contribution in [0.3, 0.4) is 0 Å². The Hall–Kier alpha value is -3.11. The fourth-order valence-electron chi connectivity index (χ4n) is 2.26. The quantitative estimate of drug-likeness (QED) is 0.330. The van der Waals surface area contributed by atoms with Gasteiger partial charge in [-0.3, -0.25) is 10.1 Å². The van der Waals surface area contributed by atoms with Crippen LogP contribution < -0.4 is 5.32 Å². The van der Waals surface area contributed by atoms with Crippen molar-refractivity contribution in [3.05, 3.63) is 57.3 Å². The van der Waals surface area contributed by atoms with E-state index in [4.69, 9.17) is 11.6 Å². The third-order valence-electron chi connectivity index (χ3n) is 3.34. The molecule has 0 saturated carbocycles. The number of fused-ring (bicyclic) bond motifs is 1. The van der Waals surface area contributed by atoms with Gasteiger partial charge in [-0.25, -0.2) is 14.5 Å². The molecule has 0 aliphatic carbocycles. The molecular weight excluding hydrogens is 366 g/mol. The third kappa shape index (κ3) is 2.77. The summed E-state index contributed by atoms with van der Waals surface area (Å²) in [5.41, 5.74) is 1.43. The fourth-order valence-corrected chi connectivity index (χ4v) is 3.29. The molecule has 0 bridgehead atoms. The van der Waals surface area contributed by atoms with Gasteiger partial charge in [0.2, 0.25) is 21.9 Å². The van der Waals surface area contributed by atoms with Crippen LogP contribution in [0.2, 0.25) is 5.15 Å². The molecule has 25 heavy (non-hydrogen) atoms. The minimum atomic E-state index is -0.654. The van der Waals surface area contributed by atoms with E-state index in [0.29, 0.717) is 4.96 Å². The molecule has 1 N–H and O–H groups in total. The maximum absolute atomic E-state index is 11.2. The molecular formula is C14H8ClN7O2S. The Morgan fingerprint density at radius 1 is 1.24 bits per heavy atom. The maximum atomic E-state index is 11.2. The Bertz CT molecular complexity index is 1080. The number of nitrogens with zero attached hydrogens (tertiary/aromatic N) is 6. The molecule has 9 nitrogen and oxygen atoms in total. The van der Waals surface area contributed by atoms with E-state index in [2.05, 4.69) is 25.4 Å². The molecule has 1 aromatic carbocycles. The summed E-state index contributed by atoms with van der Waals surface area (Å²) in [4.78, 5) is 22.9. The molecule has 0 amide bonds. The zero-order chi connectivity index (χ0) is 17.4. The van der Waals surface area contributed by atoms with Crippen LogP contribution in [0.1, 0.15) is 0 Å². The highest BCUT2D eigenvalue weighted by Gasteiger charge is 2.23. The summed E-state index contributed by atoms with van der Waals surface area (Å²) in [6, 6.07) is 9.72. The number of anilines is 2. The van der Waals surface area contributed by atoms with Crippen LogP contribution in [-0.4, -0.2) is 29.5 Å². The van der Waals surface area contributed by atoms with Gasteiger partial charge in [-0.15, -0.1) is 16.4 Å². The first-order valence-corrected chi connectivity index (χ1v) is 8.21. The Labute approximate surface area is 149 Å². The van der Waals surface area contributed by atoms with Crippen molar-refractivity contribution in [1.82, 2.24) is 24.6 Å². The van der Waals surface area contributed by atoms with Crippen LogP contribution in [0.25, 0.3) is 16.2 Å². The van der Waals surface area contributed by atoms with Crippen LogP contribution in [0.15, 0.2) is 42.0 Å². The molecule has 3 heterocycles. The number of hydrogen-bond acceptors (Lipinski definition) is 8. The van der Waals surface area contributed by atoms with Gasteiger partial charge in [-0.2, -0.15) is 4.98 Å². The lowest BCUT2D eigenvalue weighted by molar-refractivity contribution is -0.384. The van der Waals surface area contributed by atoms with E-state index >= 15 is 0 Å². The molecule has 11 heteroatoms. The van der Waals surface area contributed by atoms with Crippen molar-refractivity contribution in [3.63, 3.8) is 0 Å². The Morgan fingerprint density at radius 2 is 2.04 bits per heavy atom. The van der Waals surface area contributed by atoms with E-state index in [1.54, 1.807) is 4.52 Å². The van der Waals surface area contributed by atoms with Crippen molar-refractivity contribution in [2.24, 2.45) is 0 Å². The number of halogens is 1. The normalized spacial score (nSPS) is 10.9. The van der Waals surface area contributed by atoms with Crippen molar-refractivity contribution < 1.29 is 4.92 Å². The van der Waals surface area contributed by atoms with Crippen LogP contribution >= 0.6 is 22.9 Å². The summed E-state index contributed by atoms with van der Waals surface area (Å²) in [5, 5.41) is 19.9. The van der Waals surface area contributed by atoms with Crippen molar-refractivity contribution in [2.75, 3.05) is 5.32 Å². The SMILES string of the molecule is O=[N+]([O-])c1c(Cl)ncnc1Nc1nc2scc(-c3ccccc3)n2n1. The average Bonchev–Trinajstić information content (AvgIpc) is 3.15. The highest BCUT2D eigenvalue weighted by Crippen LogP contribution is 2.31. The van der Waals surface area contributed by atoms with Gasteiger partial charge in [0.15, 0.2) is 0 Å². The summed E-state index contributed by atoms with van der Waals surface area (Å²) >= 11 is 7.19. The van der Waals surface area contributed by atoms with Gasteiger partial charge in [0.1, 0.15) is 6.33 Å². The van der Waals surface area contributed by atoms with Gasteiger partial charge in [0.25, 0.3) is 0 Å². The van der Waals surface area contributed by atoms with E-state index in [-0.39, 0.29) is 16.9 Å². The second-order valence-corrected chi connectivity index (χ2v) is 6.06. The molecule has 0 atom stereocenters. The van der Waals surface area contributed by atoms with Gasteiger partial charge in [-0.05, 0) is 0 Å². The summed E-state index contributed by atoms with van der Waals surface area (Å²) in [7, 11) is 0. The predicted octanol–water partition coefficient (Wildman–Crippen LogP) is 3.55. The molecule has 0 spiro atoms. The monoisotopic (exact) mass is 373 g/mol. The minimum absolute atomic E-state index is 0.0653. The van der Waals surface area contributed by atoms with Crippen LogP contribution in [-0.2, 0) is 0 Å². The third-order valence-corrected chi connectivity index (χ3v) is 4.43. The number of hydrogen-bond donors (Lipinski definition) is 1. The maximum Gasteiger partial charge on any atom is 0.348 e. The summed E-state index contributed by atoms with van der Waals surface area (Å²) < 4.78 is 1.66. The lowest BCUT2D eigenvalue weighted by atomic mass is 10.2. The number of thiazole rings is 1. The van der Waals surface area contributed by atoms with E-state index in [9.17, 15) is 10.1 Å². The van der Waals surface area contributed by atoms with Gasteiger partial charge in [-0.1, -0.05) is 41.9 Å². The van der Waals surface area contributed by atoms with Crippen molar-refractivity contribution in [1.29, 1.82) is 0 Å². The first-order chi connectivity index (χ1) is 12.1. The molecule has 4 rings (SSSR count). The highest BCUT2D eigenvalue weighted by molar-refractivity contribution is 7.15. The number of aromatic nitrogens is 5. The number of nitro groups is 1. The number of nitrogens with one attached hydrogen (secondary N) is 1. The number of rotatable bonds is 4. The smallest absolute Gasteiger partial charge is 0.301 e. The van der Waals surface area contributed by atoms with E-state index in [1.165, 1.54) is 11.3 Å². The molecule has 0 saturated heterocycles. The molecule has 0 fully saturated rings. The van der Waals surface area contributed by atoms with E-state index in [1.807, 2.05) is 35.7 Å². The molecule has 4 aromatic rings. The molecule has 0 unspecified atom stereocenters. The zero-order valence-electron chi connectivity index (χ0n) is 12.3. The summed E-state index contributed by atoms with van der Waals surface area (Å²) in [5.74, 6) is 0.117. The lowest BCUT2D eigenvalue weighted by Crippen LogP contribution is -2.03. The molecule has 0 aliphatic heterocycles. The second-order valence-electron chi connectivity index (χ2n) is 4.86. The van der Waals surface area contributed by atoms with E-state index < -0.39 is 10.6 Å². The Balaban J connectivity index is 1.74. The largest absolute Gasteiger partial charge is 0.348 e. The average molecular weight is 374 g/mol. The van der Waals surface area contributed by atoms with Crippen LogP contribution in [0, 0.1) is 10.1 Å². The molecule has 0 radical (unpaired) electrons. The van der Waals surface area contributed by atoms with Gasteiger partial charge in [0, 0.05) is 10.9 Å². The number of benzene rings is 1. The Morgan fingerprint density at radius 3 is 2.80 bits per heavy atom. The summed E-state index contributed by atoms with van der Waals surface area (Å²) in [6.45, 7) is 0. The molecule has 124 valence electrons. The van der Waals surface area contributed by atoms with E-state index in [0.717, 1.165) is 17.6 Å². The standard InChI is InChI=1S/C14H8ClN7O2S/c15-11-10(22(23)24)12(17-7-16-11)18-13-19-14-21(20-13)9(6-25-14)8-4-2-1-3-5-8/h1-7H,(H,16,17,18,20). The minimum Gasteiger partial charge on any atom is -0.301 e. The molecule has 3 aromatic heterocycles. The van der Waals surface area contributed by atoms with Crippen molar-refractivity contribution in [2.45, 2.75) is 0 Å². The Kier molecular flexibility index (Phi) is 3.75. The first kappa shape index (κ1) is 15.4. The summed E-state index contributed by atoms with van der Waals surface area (Å²) in [6.07, 6.45) is 1.13. The predicted molar refractivity (Wildman–Crippen MR) is 93.3 cm³/mol. The topological polar surface area (TPSA) is 111 Å². The van der Waals surface area contributed by atoms with Gasteiger partial charge >= 0.3 is 5.69 Å². The van der Waals surface area contributed by atoms with Gasteiger partial charge in [0.05, 0.1) is 10.6 Å². The van der Waals surface area contributed by atoms with Crippen molar-refractivity contribution in [3.8, 4) is 11.3 Å².